The highest BCUT2D eigenvalue weighted by Gasteiger charge is 1.79. The Hall–Kier alpha value is -0.780. The van der Waals surface area contributed by atoms with Gasteiger partial charge in [0.1, 0.15) is 0 Å². The monoisotopic (exact) mass is 111 g/mol. The zero-order chi connectivity index (χ0) is 10.2. The molecule has 0 aromatic heterocycles. The minimum Gasteiger partial charge on any atom is -0.0591 e. The third-order valence-electron chi connectivity index (χ3n) is 0.888. The number of benzene rings is 1. The van der Waals surface area contributed by atoms with E-state index in [0.717, 1.165) is 0 Å². The molecule has 0 saturated carbocycles. The molecule has 0 radical (unpaired) electrons. The molecule has 0 atom stereocenters. The lowest BCUT2D eigenvalue weighted by atomic mass is 10.2. The van der Waals surface area contributed by atoms with Crippen molar-refractivity contribution in [3.63, 3.8) is 0 Å². The number of hydrogen-bond acceptors (Lipinski definition) is 0. The fourth-order valence-corrected chi connectivity index (χ4v) is 0.455. The Labute approximate surface area is 57.2 Å². The maximum absolute atomic E-state index is 7.42. The fraction of sp³-hybridized carbons (Fsp3) is 0.250. The highest BCUT2D eigenvalue weighted by Crippen LogP contribution is 1.99. The topological polar surface area (TPSA) is 0 Å². The largest absolute Gasteiger partial charge is 0.0626 e. The van der Waals surface area contributed by atoms with Gasteiger partial charge in [0.25, 0.3) is 0 Å². The van der Waals surface area contributed by atoms with Crippen molar-refractivity contribution in [3.05, 3.63) is 35.3 Å². The van der Waals surface area contributed by atoms with Crippen molar-refractivity contribution < 1.29 is 6.85 Å². The molecule has 0 heterocycles. The van der Waals surface area contributed by atoms with E-state index in [2.05, 4.69) is 0 Å². The van der Waals surface area contributed by atoms with E-state index in [-0.39, 0.29) is 17.6 Å². The quantitative estimate of drug-likeness (QED) is 0.482. The molecule has 0 fully saturated rings. The van der Waals surface area contributed by atoms with Crippen LogP contribution < -0.4 is 0 Å². The smallest absolute Gasteiger partial charge is 0.0591 e. The van der Waals surface area contributed by atoms with Crippen molar-refractivity contribution in [1.29, 1.82) is 0 Å². The molecular weight excluding hydrogens is 96.1 g/mol. The third kappa shape index (κ3) is 1.09. The van der Waals surface area contributed by atoms with Gasteiger partial charge in [-0.3, -0.25) is 0 Å². The van der Waals surface area contributed by atoms with Gasteiger partial charge in [-0.25, -0.2) is 0 Å². The third-order valence-corrected chi connectivity index (χ3v) is 0.888. The Morgan fingerprint density at radius 1 is 1.38 bits per heavy atom. The molecule has 8 heavy (non-hydrogen) atoms. The van der Waals surface area contributed by atoms with Crippen LogP contribution in [0.4, 0.5) is 0 Å². The molecule has 0 aliphatic rings. The molecule has 0 saturated heterocycles. The van der Waals surface area contributed by atoms with Gasteiger partial charge in [0, 0.05) is 4.11 Å². The number of hydrogen-bond donors (Lipinski definition) is 0. The van der Waals surface area contributed by atoms with Gasteiger partial charge in [-0.05, 0) is 13.8 Å². The predicted molar refractivity (Wildman–Crippen MR) is 35.9 cm³/mol. The molecule has 0 amide bonds. The van der Waals surface area contributed by atoms with Gasteiger partial charge in [-0.2, -0.15) is 0 Å². The molecule has 0 spiro atoms. The second kappa shape index (κ2) is 1.99. The van der Waals surface area contributed by atoms with Crippen molar-refractivity contribution in [2.45, 2.75) is 13.8 Å². The summed E-state index contributed by atoms with van der Waals surface area (Å²) < 4.78 is 36.2. The van der Waals surface area contributed by atoms with Crippen LogP contribution in [0.3, 0.4) is 0 Å². The normalized spacial score (nSPS) is 19.9. The van der Waals surface area contributed by atoms with Gasteiger partial charge in [0.05, 0.1) is 2.74 Å². The highest BCUT2D eigenvalue weighted by molar-refractivity contribution is 5.19. The lowest BCUT2D eigenvalue weighted by Gasteiger charge is -1.90. The minimum atomic E-state index is -2.29. The van der Waals surface area contributed by atoms with E-state index in [4.69, 9.17) is 6.85 Å². The summed E-state index contributed by atoms with van der Waals surface area (Å²) in [6.45, 7) is -0.607. The zero-order valence-corrected chi connectivity index (χ0v) is 4.65. The Bertz CT molecular complexity index is 326. The van der Waals surface area contributed by atoms with Crippen molar-refractivity contribution in [2.75, 3.05) is 0 Å². The van der Waals surface area contributed by atoms with Gasteiger partial charge >= 0.3 is 0 Å². The van der Waals surface area contributed by atoms with Crippen LogP contribution in [0.5, 0.6) is 0 Å². The average Bonchev–Trinajstić information content (AvgIpc) is 1.94. The molecule has 0 aliphatic heterocycles. The van der Waals surface area contributed by atoms with Crippen LogP contribution in [-0.2, 0) is 0 Å². The summed E-state index contributed by atoms with van der Waals surface area (Å²) in [5.41, 5.74) is 0.570. The summed E-state index contributed by atoms with van der Waals surface area (Å²) in [6.07, 6.45) is 0. The molecular formula is C8H10. The molecule has 1 rings (SSSR count). The summed E-state index contributed by atoms with van der Waals surface area (Å²) in [7, 11) is 0. The Balaban J connectivity index is 3.32. The first-order valence-corrected chi connectivity index (χ1v) is 2.40. The SMILES string of the molecule is [2H]c1cc(C([2H])([2H])[2H])c([2H])cc1C. The van der Waals surface area contributed by atoms with E-state index >= 15 is 0 Å². The second-order valence-corrected chi connectivity index (χ2v) is 1.67. The molecule has 0 aliphatic carbocycles. The summed E-state index contributed by atoms with van der Waals surface area (Å²) >= 11 is 0. The van der Waals surface area contributed by atoms with Crippen LogP contribution in [0.2, 0.25) is 0 Å². The molecule has 1 aromatic carbocycles. The van der Waals surface area contributed by atoms with E-state index in [1.54, 1.807) is 6.92 Å². The van der Waals surface area contributed by atoms with Crippen molar-refractivity contribution in [2.24, 2.45) is 0 Å². The van der Waals surface area contributed by atoms with Crippen molar-refractivity contribution in [3.8, 4) is 0 Å². The summed E-state index contributed by atoms with van der Waals surface area (Å²) in [6, 6.07) is 2.80. The maximum Gasteiger partial charge on any atom is 0.0626 e. The first kappa shape index (κ1) is 1.87. The Morgan fingerprint density at radius 2 is 2.00 bits per heavy atom. The second-order valence-electron chi connectivity index (χ2n) is 1.67. The number of rotatable bonds is 0. The highest BCUT2D eigenvalue weighted by atomic mass is 13.9. The summed E-state index contributed by atoms with van der Waals surface area (Å²) in [4.78, 5) is 0. The van der Waals surface area contributed by atoms with Crippen LogP contribution in [0.25, 0.3) is 0 Å². The number of aryl methyl sites for hydroxylation is 2. The van der Waals surface area contributed by atoms with E-state index in [1.807, 2.05) is 0 Å². The first-order chi connectivity index (χ1) is 5.82. The standard InChI is InChI=1S/C8H10/c1-7-3-5-8(2)6-4-7/h3-6H,1-2H3/i1D3,3D,6D. The van der Waals surface area contributed by atoms with Gasteiger partial charge in [0.15, 0.2) is 0 Å². The van der Waals surface area contributed by atoms with Gasteiger partial charge in [0.2, 0.25) is 0 Å². The van der Waals surface area contributed by atoms with E-state index < -0.39 is 6.85 Å². The molecule has 0 nitrogen and oxygen atoms in total. The lowest BCUT2D eigenvalue weighted by molar-refractivity contribution is 1.40. The van der Waals surface area contributed by atoms with Crippen LogP contribution in [0.15, 0.2) is 24.2 Å². The lowest BCUT2D eigenvalue weighted by Crippen LogP contribution is -1.70. The summed E-state index contributed by atoms with van der Waals surface area (Å²) in [5, 5.41) is 0. The molecule has 0 heteroatoms. The van der Waals surface area contributed by atoms with Crippen LogP contribution in [-0.4, -0.2) is 0 Å². The summed E-state index contributed by atoms with van der Waals surface area (Å²) in [5.74, 6) is 0. The van der Waals surface area contributed by atoms with E-state index in [9.17, 15) is 0 Å². The maximum atomic E-state index is 7.42. The van der Waals surface area contributed by atoms with Crippen molar-refractivity contribution in [1.82, 2.24) is 0 Å². The zero-order valence-electron chi connectivity index (χ0n) is 9.65. The van der Waals surface area contributed by atoms with Crippen molar-refractivity contribution >= 4 is 0 Å². The van der Waals surface area contributed by atoms with Crippen LogP contribution in [0, 0.1) is 13.8 Å². The molecule has 0 bridgehead atoms. The van der Waals surface area contributed by atoms with Gasteiger partial charge < -0.3 is 0 Å². The molecule has 42 valence electrons. The predicted octanol–water partition coefficient (Wildman–Crippen LogP) is 2.30. The van der Waals surface area contributed by atoms with E-state index in [1.165, 1.54) is 12.1 Å². The Morgan fingerprint density at radius 3 is 2.75 bits per heavy atom. The molecule has 0 N–H and O–H groups in total. The fourth-order valence-electron chi connectivity index (χ4n) is 0.455. The molecule has 1 aromatic rings. The van der Waals surface area contributed by atoms with Crippen LogP contribution >= 0.6 is 0 Å². The van der Waals surface area contributed by atoms with E-state index in [0.29, 0.717) is 5.56 Å². The average molecular weight is 111 g/mol. The first-order valence-electron chi connectivity index (χ1n) is 4.90. The van der Waals surface area contributed by atoms with Crippen LogP contribution in [0.1, 0.15) is 18.0 Å². The van der Waals surface area contributed by atoms with Gasteiger partial charge in [-0.1, -0.05) is 35.3 Å². The molecule has 0 unspecified atom stereocenters. The Kier molecular flexibility index (Phi) is 0.466. The van der Waals surface area contributed by atoms with Gasteiger partial charge in [-0.15, -0.1) is 0 Å². The minimum absolute atomic E-state index is 0.0199.